The first-order valence-corrected chi connectivity index (χ1v) is 9.89. The van der Waals surface area contributed by atoms with Crippen LogP contribution in [0.4, 0.5) is 5.82 Å². The number of amides is 1. The minimum atomic E-state index is -0.235. The van der Waals surface area contributed by atoms with Crippen LogP contribution >= 0.6 is 11.6 Å². The number of carbonyl (C=O) groups excluding carboxylic acids is 1. The van der Waals surface area contributed by atoms with Crippen molar-refractivity contribution in [1.29, 1.82) is 0 Å². The van der Waals surface area contributed by atoms with Crippen LogP contribution in [0.15, 0.2) is 64.0 Å². The maximum atomic E-state index is 12.6. The molecule has 1 aromatic carbocycles. The predicted octanol–water partition coefficient (Wildman–Crippen LogP) is 3.01. The highest BCUT2D eigenvalue weighted by Crippen LogP contribution is 2.22. The Bertz CT molecular complexity index is 1050. The number of nitrogens with one attached hydrogen (secondary N) is 1. The van der Waals surface area contributed by atoms with Crippen LogP contribution in [-0.2, 0) is 11.3 Å². The molecule has 1 aliphatic rings. The number of benzene rings is 1. The molecule has 0 radical (unpaired) electrons. The average molecular weight is 413 g/mol. The lowest BCUT2D eigenvalue weighted by atomic mass is 9.97. The Labute approximate surface area is 172 Å². The summed E-state index contributed by atoms with van der Waals surface area (Å²) in [5.74, 6) is 1.23. The number of furan rings is 1. The maximum absolute atomic E-state index is 12.6. The molecule has 4 rings (SSSR count). The lowest BCUT2D eigenvalue weighted by Crippen LogP contribution is -2.43. The molecule has 1 fully saturated rings. The Hall–Kier alpha value is -3.06. The van der Waals surface area contributed by atoms with Gasteiger partial charge in [-0.3, -0.25) is 9.59 Å². The number of nitrogens with zero attached hydrogens (tertiary/aromatic N) is 3. The van der Waals surface area contributed by atoms with Gasteiger partial charge < -0.3 is 14.6 Å². The van der Waals surface area contributed by atoms with Gasteiger partial charge in [0.15, 0.2) is 0 Å². The second-order valence-electron chi connectivity index (χ2n) is 7.00. The predicted molar refractivity (Wildman–Crippen MR) is 110 cm³/mol. The largest absolute Gasteiger partial charge is 0.467 e. The fraction of sp³-hybridized carbons (Fsp3) is 0.286. The molecule has 29 heavy (non-hydrogen) atoms. The zero-order chi connectivity index (χ0) is 20.2. The second kappa shape index (κ2) is 8.53. The minimum Gasteiger partial charge on any atom is -0.467 e. The van der Waals surface area contributed by atoms with E-state index in [-0.39, 0.29) is 17.4 Å². The molecule has 8 heteroatoms. The number of aromatic nitrogens is 2. The molecule has 2 aromatic heterocycles. The molecule has 3 heterocycles. The first-order valence-electron chi connectivity index (χ1n) is 9.51. The lowest BCUT2D eigenvalue weighted by Gasteiger charge is -2.32. The zero-order valence-corrected chi connectivity index (χ0v) is 16.5. The Morgan fingerprint density at radius 2 is 2.14 bits per heavy atom. The second-order valence-corrected chi connectivity index (χ2v) is 7.44. The van der Waals surface area contributed by atoms with E-state index in [0.29, 0.717) is 29.6 Å². The van der Waals surface area contributed by atoms with Crippen LogP contribution in [0.1, 0.15) is 18.6 Å². The minimum absolute atomic E-state index is 0.00531. The highest BCUT2D eigenvalue weighted by Gasteiger charge is 2.27. The van der Waals surface area contributed by atoms with Crippen molar-refractivity contribution in [1.82, 2.24) is 15.1 Å². The van der Waals surface area contributed by atoms with Gasteiger partial charge in [-0.2, -0.15) is 4.68 Å². The smallest absolute Gasteiger partial charge is 0.271 e. The molecular formula is C21H21ClN4O3. The molecule has 0 spiro atoms. The van der Waals surface area contributed by atoms with Crippen LogP contribution in [0.5, 0.6) is 0 Å². The van der Waals surface area contributed by atoms with Crippen molar-refractivity contribution < 1.29 is 9.21 Å². The quantitative estimate of drug-likeness (QED) is 0.696. The first kappa shape index (κ1) is 19.3. The molecule has 1 unspecified atom stereocenters. The first-order chi connectivity index (χ1) is 14.1. The summed E-state index contributed by atoms with van der Waals surface area (Å²) in [5, 5.41) is 7.98. The van der Waals surface area contributed by atoms with Crippen LogP contribution in [0.2, 0.25) is 5.02 Å². The summed E-state index contributed by atoms with van der Waals surface area (Å²) in [4.78, 5) is 26.9. The van der Waals surface area contributed by atoms with Crippen LogP contribution < -0.4 is 15.8 Å². The Morgan fingerprint density at radius 3 is 2.93 bits per heavy atom. The summed E-state index contributed by atoms with van der Waals surface area (Å²) in [6.07, 6.45) is 3.27. The van der Waals surface area contributed by atoms with Gasteiger partial charge in [-0.25, -0.2) is 0 Å². The third kappa shape index (κ3) is 4.51. The highest BCUT2D eigenvalue weighted by molar-refractivity contribution is 6.30. The van der Waals surface area contributed by atoms with E-state index >= 15 is 0 Å². The van der Waals surface area contributed by atoms with Gasteiger partial charge in [-0.05, 0) is 49.2 Å². The van der Waals surface area contributed by atoms with E-state index in [0.717, 1.165) is 25.1 Å². The summed E-state index contributed by atoms with van der Waals surface area (Å²) in [5.41, 5.74) is 0.370. The van der Waals surface area contributed by atoms with Crippen LogP contribution in [-0.4, -0.2) is 28.8 Å². The molecule has 1 saturated heterocycles. The Morgan fingerprint density at radius 1 is 1.24 bits per heavy atom. The molecule has 1 aliphatic heterocycles. The zero-order valence-electron chi connectivity index (χ0n) is 15.8. The molecule has 1 amide bonds. The Kier molecular flexibility index (Phi) is 5.67. The van der Waals surface area contributed by atoms with Crippen molar-refractivity contribution in [2.75, 3.05) is 18.0 Å². The molecule has 0 aliphatic carbocycles. The summed E-state index contributed by atoms with van der Waals surface area (Å²) in [7, 11) is 0. The van der Waals surface area contributed by atoms with Gasteiger partial charge in [-0.1, -0.05) is 17.7 Å². The van der Waals surface area contributed by atoms with Crippen molar-refractivity contribution >= 4 is 23.3 Å². The van der Waals surface area contributed by atoms with Gasteiger partial charge in [0, 0.05) is 24.2 Å². The van der Waals surface area contributed by atoms with Crippen molar-refractivity contribution in [3.05, 3.63) is 75.9 Å². The van der Waals surface area contributed by atoms with Gasteiger partial charge in [-0.15, -0.1) is 5.10 Å². The number of halogens is 1. The normalized spacial score (nSPS) is 16.6. The van der Waals surface area contributed by atoms with E-state index in [9.17, 15) is 9.59 Å². The summed E-state index contributed by atoms with van der Waals surface area (Å²) < 4.78 is 6.59. The van der Waals surface area contributed by atoms with Crippen molar-refractivity contribution in [3.63, 3.8) is 0 Å². The average Bonchev–Trinajstić information content (AvgIpc) is 3.26. The molecule has 3 aromatic rings. The number of carbonyl (C=O) groups is 1. The van der Waals surface area contributed by atoms with Gasteiger partial charge in [0.1, 0.15) is 11.6 Å². The van der Waals surface area contributed by atoms with E-state index in [1.54, 1.807) is 42.7 Å². The molecule has 150 valence electrons. The number of rotatable bonds is 5. The number of hydrogen-bond donors (Lipinski definition) is 1. The SMILES string of the molecule is O=C(NCc1ccco1)C1CCCN(c2ccc(=O)n(-c3cccc(Cl)c3)n2)C1. The van der Waals surface area contributed by atoms with E-state index < -0.39 is 0 Å². The lowest BCUT2D eigenvalue weighted by molar-refractivity contribution is -0.125. The van der Waals surface area contributed by atoms with Gasteiger partial charge in [0.05, 0.1) is 24.4 Å². The summed E-state index contributed by atoms with van der Waals surface area (Å²) in [6.45, 7) is 1.70. The molecule has 1 N–H and O–H groups in total. The van der Waals surface area contributed by atoms with E-state index in [1.807, 2.05) is 11.0 Å². The van der Waals surface area contributed by atoms with Crippen LogP contribution in [0.3, 0.4) is 0 Å². The van der Waals surface area contributed by atoms with Crippen molar-refractivity contribution in [2.24, 2.45) is 5.92 Å². The molecule has 0 bridgehead atoms. The van der Waals surface area contributed by atoms with Crippen LogP contribution in [0.25, 0.3) is 5.69 Å². The van der Waals surface area contributed by atoms with Crippen molar-refractivity contribution in [2.45, 2.75) is 19.4 Å². The molecular weight excluding hydrogens is 392 g/mol. The fourth-order valence-electron chi connectivity index (χ4n) is 3.49. The van der Waals surface area contributed by atoms with Gasteiger partial charge >= 0.3 is 0 Å². The van der Waals surface area contributed by atoms with Gasteiger partial charge in [0.25, 0.3) is 5.56 Å². The maximum Gasteiger partial charge on any atom is 0.271 e. The van der Waals surface area contributed by atoms with Crippen molar-refractivity contribution in [3.8, 4) is 5.69 Å². The number of hydrogen-bond acceptors (Lipinski definition) is 5. The Balaban J connectivity index is 1.48. The van der Waals surface area contributed by atoms with Crippen LogP contribution in [0, 0.1) is 5.92 Å². The standard InChI is InChI=1S/C21H21ClN4O3/c22-16-5-1-6-17(12-16)26-20(27)9-8-19(24-26)25-10-2-4-15(14-25)21(28)23-13-18-7-3-11-29-18/h1,3,5-9,11-12,15H,2,4,10,13-14H2,(H,23,28). The fourth-order valence-corrected chi connectivity index (χ4v) is 3.68. The monoisotopic (exact) mass is 412 g/mol. The molecule has 1 atom stereocenters. The van der Waals surface area contributed by atoms with Gasteiger partial charge in [0.2, 0.25) is 5.91 Å². The summed E-state index contributed by atoms with van der Waals surface area (Å²) in [6, 6.07) is 13.8. The highest BCUT2D eigenvalue weighted by atomic mass is 35.5. The van der Waals surface area contributed by atoms with E-state index in [4.69, 9.17) is 16.0 Å². The summed E-state index contributed by atoms with van der Waals surface area (Å²) >= 11 is 6.05. The number of piperidine rings is 1. The third-order valence-electron chi connectivity index (χ3n) is 4.97. The molecule has 0 saturated carbocycles. The molecule has 7 nitrogen and oxygen atoms in total. The van der Waals surface area contributed by atoms with E-state index in [1.165, 1.54) is 10.7 Å². The van der Waals surface area contributed by atoms with E-state index in [2.05, 4.69) is 10.4 Å². The number of anilines is 1. The third-order valence-corrected chi connectivity index (χ3v) is 5.21. The topological polar surface area (TPSA) is 80.4 Å².